The van der Waals surface area contributed by atoms with Gasteiger partial charge in [-0.05, 0) is 17.7 Å². The zero-order valence-electron chi connectivity index (χ0n) is 11.2. The molecular weight excluding hydrogens is 336 g/mol. The molecule has 0 saturated carbocycles. The minimum absolute atomic E-state index is 0.118. The van der Waals surface area contributed by atoms with Gasteiger partial charge in [0.25, 0.3) is 0 Å². The monoisotopic (exact) mass is 346 g/mol. The Kier molecular flexibility index (Phi) is 5.14. The largest absolute Gasteiger partial charge is 0.390 e. The van der Waals surface area contributed by atoms with Crippen molar-refractivity contribution in [3.63, 3.8) is 0 Å². The van der Waals surface area contributed by atoms with Crippen LogP contribution in [-0.4, -0.2) is 12.0 Å². The van der Waals surface area contributed by atoms with Crippen molar-refractivity contribution in [3.05, 3.63) is 69.7 Å². The van der Waals surface area contributed by atoms with Crippen molar-refractivity contribution < 1.29 is 18.0 Å². The molecule has 0 radical (unpaired) electrons. The molecule has 0 aliphatic carbocycles. The molecule has 6 heteroatoms. The second-order valence-electron chi connectivity index (χ2n) is 4.78. The van der Waals surface area contributed by atoms with Gasteiger partial charge in [-0.25, -0.2) is 0 Å². The molecule has 0 aliphatic heterocycles. The van der Waals surface area contributed by atoms with E-state index in [4.69, 9.17) is 23.2 Å². The molecule has 1 nitrogen and oxygen atoms in total. The van der Waals surface area contributed by atoms with E-state index in [1.165, 1.54) is 30.3 Å². The van der Waals surface area contributed by atoms with Crippen LogP contribution in [0.1, 0.15) is 28.3 Å². The van der Waals surface area contributed by atoms with E-state index in [9.17, 15) is 18.0 Å². The van der Waals surface area contributed by atoms with E-state index in [0.717, 1.165) is 0 Å². The number of carbonyl (C=O) groups is 1. The molecule has 0 aromatic heterocycles. The first-order valence-corrected chi connectivity index (χ1v) is 7.14. The molecule has 1 atom stereocenters. The highest BCUT2D eigenvalue weighted by atomic mass is 35.5. The average molecular weight is 347 g/mol. The summed E-state index contributed by atoms with van der Waals surface area (Å²) in [7, 11) is 0. The Bertz CT molecular complexity index is 669. The van der Waals surface area contributed by atoms with Crippen molar-refractivity contribution in [1.29, 1.82) is 0 Å². The minimum Gasteiger partial charge on any atom is -0.293 e. The number of alkyl halides is 3. The molecule has 2 aromatic carbocycles. The summed E-state index contributed by atoms with van der Waals surface area (Å²) < 4.78 is 38.5. The molecule has 0 bridgehead atoms. The average Bonchev–Trinajstić information content (AvgIpc) is 2.47. The topological polar surface area (TPSA) is 17.1 Å². The Hall–Kier alpha value is -1.52. The maximum atomic E-state index is 12.8. The van der Waals surface area contributed by atoms with Crippen molar-refractivity contribution >= 4 is 29.0 Å². The van der Waals surface area contributed by atoms with Crippen LogP contribution in [0.3, 0.4) is 0 Å². The normalized spacial score (nSPS) is 13.0. The van der Waals surface area contributed by atoms with E-state index in [0.29, 0.717) is 0 Å². The van der Waals surface area contributed by atoms with Crippen LogP contribution in [0.4, 0.5) is 13.2 Å². The first-order valence-electron chi connectivity index (χ1n) is 6.39. The summed E-state index contributed by atoms with van der Waals surface area (Å²) in [5, 5.41) is 0.343. The minimum atomic E-state index is -4.47. The van der Waals surface area contributed by atoms with Gasteiger partial charge in [0.1, 0.15) is 0 Å². The van der Waals surface area contributed by atoms with Crippen molar-refractivity contribution in [3.8, 4) is 0 Å². The van der Waals surface area contributed by atoms with Crippen molar-refractivity contribution in [2.75, 3.05) is 0 Å². The second kappa shape index (κ2) is 6.71. The lowest BCUT2D eigenvalue weighted by Gasteiger charge is -2.19. The Balaban J connectivity index is 2.42. The Labute approximate surface area is 135 Å². The number of hydrogen-bond donors (Lipinski definition) is 0. The summed E-state index contributed by atoms with van der Waals surface area (Å²) in [5.41, 5.74) is 0.420. The predicted molar refractivity (Wildman–Crippen MR) is 80.6 cm³/mol. The Morgan fingerprint density at radius 3 is 2.18 bits per heavy atom. The molecule has 0 fully saturated rings. The third kappa shape index (κ3) is 4.24. The van der Waals surface area contributed by atoms with Crippen LogP contribution >= 0.6 is 23.2 Å². The number of rotatable bonds is 4. The SMILES string of the molecule is O=C(c1ccccc1)C(CC(F)(F)F)c1ccc(Cl)c(Cl)c1. The first-order chi connectivity index (χ1) is 10.3. The molecule has 0 aliphatic rings. The van der Waals surface area contributed by atoms with Gasteiger partial charge in [0.15, 0.2) is 5.78 Å². The fourth-order valence-corrected chi connectivity index (χ4v) is 2.43. The molecule has 0 amide bonds. The van der Waals surface area contributed by atoms with Gasteiger partial charge in [0.05, 0.1) is 22.4 Å². The maximum Gasteiger partial charge on any atom is 0.390 e. The summed E-state index contributed by atoms with van der Waals surface area (Å²) >= 11 is 11.6. The van der Waals surface area contributed by atoms with E-state index in [-0.39, 0.29) is 21.2 Å². The van der Waals surface area contributed by atoms with E-state index in [1.54, 1.807) is 18.2 Å². The lowest BCUT2D eigenvalue weighted by molar-refractivity contribution is -0.136. The van der Waals surface area contributed by atoms with Crippen LogP contribution in [0.25, 0.3) is 0 Å². The summed E-state index contributed by atoms with van der Waals surface area (Å²) in [4.78, 5) is 12.4. The zero-order chi connectivity index (χ0) is 16.3. The maximum absolute atomic E-state index is 12.8. The lowest BCUT2D eigenvalue weighted by atomic mass is 9.88. The Morgan fingerprint density at radius 1 is 1.00 bits per heavy atom. The highest BCUT2D eigenvalue weighted by Crippen LogP contribution is 2.36. The number of Topliss-reactive ketones (excluding diaryl/α,β-unsaturated/α-hetero) is 1. The van der Waals surface area contributed by atoms with Crippen LogP contribution in [0.5, 0.6) is 0 Å². The highest BCUT2D eigenvalue weighted by Gasteiger charge is 2.36. The van der Waals surface area contributed by atoms with Crippen LogP contribution < -0.4 is 0 Å². The summed E-state index contributed by atoms with van der Waals surface area (Å²) in [6, 6.07) is 12.0. The molecule has 0 spiro atoms. The molecule has 2 aromatic rings. The fraction of sp³-hybridized carbons (Fsp3) is 0.188. The van der Waals surface area contributed by atoms with Gasteiger partial charge < -0.3 is 0 Å². The third-order valence-electron chi connectivity index (χ3n) is 3.16. The lowest BCUT2D eigenvalue weighted by Crippen LogP contribution is -2.21. The first kappa shape index (κ1) is 16.8. The summed E-state index contributed by atoms with van der Waals surface area (Å²) in [6.45, 7) is 0. The van der Waals surface area contributed by atoms with Crippen molar-refractivity contribution in [1.82, 2.24) is 0 Å². The molecule has 22 heavy (non-hydrogen) atoms. The van der Waals surface area contributed by atoms with Crippen LogP contribution in [-0.2, 0) is 0 Å². The van der Waals surface area contributed by atoms with Gasteiger partial charge in [-0.2, -0.15) is 13.2 Å². The second-order valence-corrected chi connectivity index (χ2v) is 5.59. The van der Waals surface area contributed by atoms with E-state index < -0.39 is 24.3 Å². The van der Waals surface area contributed by atoms with Crippen LogP contribution in [0, 0.1) is 0 Å². The highest BCUT2D eigenvalue weighted by molar-refractivity contribution is 6.42. The number of halogens is 5. The fourth-order valence-electron chi connectivity index (χ4n) is 2.13. The van der Waals surface area contributed by atoms with E-state index in [1.807, 2.05) is 0 Å². The number of ketones is 1. The molecular formula is C16H11Cl2F3O. The summed E-state index contributed by atoms with van der Waals surface area (Å²) in [5.74, 6) is -1.95. The molecule has 0 saturated heterocycles. The van der Waals surface area contributed by atoms with Crippen LogP contribution in [0.2, 0.25) is 10.0 Å². The van der Waals surface area contributed by atoms with Crippen LogP contribution in [0.15, 0.2) is 48.5 Å². The van der Waals surface area contributed by atoms with Crippen molar-refractivity contribution in [2.45, 2.75) is 18.5 Å². The Morgan fingerprint density at radius 2 is 1.64 bits per heavy atom. The molecule has 0 heterocycles. The van der Waals surface area contributed by atoms with Gasteiger partial charge in [-0.3, -0.25) is 4.79 Å². The number of carbonyl (C=O) groups excluding carboxylic acids is 1. The van der Waals surface area contributed by atoms with Gasteiger partial charge in [0.2, 0.25) is 0 Å². The number of hydrogen-bond acceptors (Lipinski definition) is 1. The van der Waals surface area contributed by atoms with Gasteiger partial charge >= 0.3 is 6.18 Å². The van der Waals surface area contributed by atoms with Gasteiger partial charge in [-0.1, -0.05) is 59.6 Å². The smallest absolute Gasteiger partial charge is 0.293 e. The van der Waals surface area contributed by atoms with Gasteiger partial charge in [0, 0.05) is 5.56 Å². The molecule has 0 N–H and O–H groups in total. The predicted octanol–water partition coefficient (Wildman–Crippen LogP) is 5.91. The molecule has 1 unspecified atom stereocenters. The summed E-state index contributed by atoms with van der Waals surface area (Å²) in [6.07, 6.45) is -5.72. The quantitative estimate of drug-likeness (QED) is 0.628. The van der Waals surface area contributed by atoms with Gasteiger partial charge in [-0.15, -0.1) is 0 Å². The van der Waals surface area contributed by atoms with Crippen molar-refractivity contribution in [2.24, 2.45) is 0 Å². The molecule has 116 valence electrons. The number of benzene rings is 2. The van der Waals surface area contributed by atoms with E-state index in [2.05, 4.69) is 0 Å². The molecule has 2 rings (SSSR count). The zero-order valence-corrected chi connectivity index (χ0v) is 12.7. The standard InChI is InChI=1S/C16H11Cl2F3O/c17-13-7-6-11(8-14(13)18)12(9-16(19,20)21)15(22)10-4-2-1-3-5-10/h1-8,12H,9H2. The van der Waals surface area contributed by atoms with E-state index >= 15 is 0 Å². The third-order valence-corrected chi connectivity index (χ3v) is 3.90.